The fourth-order valence-corrected chi connectivity index (χ4v) is 1.83. The van der Waals surface area contributed by atoms with E-state index in [0.29, 0.717) is 17.1 Å². The molecule has 15 heavy (non-hydrogen) atoms. The third-order valence-corrected chi connectivity index (χ3v) is 2.52. The van der Waals surface area contributed by atoms with Crippen molar-refractivity contribution in [2.45, 2.75) is 6.92 Å². The molecule has 1 amide bonds. The van der Waals surface area contributed by atoms with E-state index in [1.165, 1.54) is 0 Å². The Morgan fingerprint density at radius 3 is 3.00 bits per heavy atom. The molecule has 3 nitrogen and oxygen atoms in total. The summed E-state index contributed by atoms with van der Waals surface area (Å²) in [7, 11) is 0. The molecule has 2 aromatic rings. The van der Waals surface area contributed by atoms with Crippen molar-refractivity contribution in [3.8, 4) is 0 Å². The molecular formula is C11H11ClN2O. The van der Waals surface area contributed by atoms with Crippen molar-refractivity contribution in [3.63, 3.8) is 0 Å². The molecule has 0 radical (unpaired) electrons. The van der Waals surface area contributed by atoms with Gasteiger partial charge in [-0.15, -0.1) is 0 Å². The quantitative estimate of drug-likeness (QED) is 0.832. The van der Waals surface area contributed by atoms with Gasteiger partial charge in [0.2, 0.25) is 0 Å². The number of hydrogen-bond acceptors (Lipinski definition) is 1. The molecule has 0 aliphatic rings. The van der Waals surface area contributed by atoms with Crippen LogP contribution in [0, 0.1) is 0 Å². The lowest BCUT2D eigenvalue weighted by Crippen LogP contribution is -2.22. The molecule has 0 saturated carbocycles. The van der Waals surface area contributed by atoms with Gasteiger partial charge in [0.05, 0.1) is 16.1 Å². The molecule has 0 aromatic carbocycles. The van der Waals surface area contributed by atoms with E-state index in [4.69, 9.17) is 11.6 Å². The van der Waals surface area contributed by atoms with E-state index in [1.54, 1.807) is 12.1 Å². The predicted molar refractivity (Wildman–Crippen MR) is 60.4 cm³/mol. The molecule has 0 atom stereocenters. The molecule has 0 fully saturated rings. The molecule has 0 unspecified atom stereocenters. The van der Waals surface area contributed by atoms with Gasteiger partial charge in [-0.2, -0.15) is 0 Å². The van der Waals surface area contributed by atoms with Crippen LogP contribution in [0.1, 0.15) is 17.3 Å². The number of amides is 1. The van der Waals surface area contributed by atoms with Gasteiger partial charge >= 0.3 is 0 Å². The van der Waals surface area contributed by atoms with Crippen LogP contribution < -0.4 is 5.32 Å². The Hall–Kier alpha value is -1.48. The zero-order chi connectivity index (χ0) is 10.8. The van der Waals surface area contributed by atoms with Gasteiger partial charge in [-0.25, -0.2) is 0 Å². The summed E-state index contributed by atoms with van der Waals surface area (Å²) in [5.41, 5.74) is 1.37. The van der Waals surface area contributed by atoms with Crippen molar-refractivity contribution >= 4 is 23.0 Å². The first-order chi connectivity index (χ1) is 7.24. The average molecular weight is 223 g/mol. The lowest BCUT2D eigenvalue weighted by atomic mass is 10.2. The van der Waals surface area contributed by atoms with Gasteiger partial charge in [-0.05, 0) is 25.1 Å². The Labute approximate surface area is 92.7 Å². The number of nitrogens with one attached hydrogen (secondary N) is 1. The Morgan fingerprint density at radius 2 is 2.27 bits per heavy atom. The summed E-state index contributed by atoms with van der Waals surface area (Å²) in [6, 6.07) is 5.39. The van der Waals surface area contributed by atoms with E-state index in [2.05, 4.69) is 5.32 Å². The minimum atomic E-state index is -0.0897. The summed E-state index contributed by atoms with van der Waals surface area (Å²) in [5.74, 6) is -0.0897. The molecule has 0 aliphatic heterocycles. The molecule has 2 heterocycles. The van der Waals surface area contributed by atoms with Crippen molar-refractivity contribution in [1.29, 1.82) is 0 Å². The molecule has 0 bridgehead atoms. The Morgan fingerprint density at radius 1 is 1.47 bits per heavy atom. The molecule has 1 N–H and O–H groups in total. The zero-order valence-corrected chi connectivity index (χ0v) is 9.08. The van der Waals surface area contributed by atoms with Crippen molar-refractivity contribution in [1.82, 2.24) is 9.72 Å². The normalized spacial score (nSPS) is 10.5. The number of halogens is 1. The maximum absolute atomic E-state index is 11.7. The van der Waals surface area contributed by atoms with E-state index < -0.39 is 0 Å². The van der Waals surface area contributed by atoms with E-state index >= 15 is 0 Å². The van der Waals surface area contributed by atoms with Crippen molar-refractivity contribution in [3.05, 3.63) is 41.2 Å². The lowest BCUT2D eigenvalue weighted by molar-refractivity contribution is 0.0957. The van der Waals surface area contributed by atoms with Gasteiger partial charge in [-0.1, -0.05) is 11.6 Å². The molecule has 0 spiro atoms. The second kappa shape index (κ2) is 3.95. The van der Waals surface area contributed by atoms with Crippen LogP contribution in [0.25, 0.3) is 5.52 Å². The van der Waals surface area contributed by atoms with E-state index in [1.807, 2.05) is 29.8 Å². The SMILES string of the molecule is CCNC(=O)c1ccn2cccc(Cl)c12. The molecule has 0 aliphatic carbocycles. The summed E-state index contributed by atoms with van der Waals surface area (Å²) >= 11 is 6.05. The predicted octanol–water partition coefficient (Wildman–Crippen LogP) is 2.34. The summed E-state index contributed by atoms with van der Waals surface area (Å²) in [5, 5.41) is 3.34. The lowest BCUT2D eigenvalue weighted by Gasteiger charge is -2.02. The van der Waals surface area contributed by atoms with Crippen LogP contribution in [-0.2, 0) is 0 Å². The van der Waals surface area contributed by atoms with Gasteiger partial charge in [0, 0.05) is 18.9 Å². The van der Waals surface area contributed by atoms with Gasteiger partial charge < -0.3 is 9.72 Å². The topological polar surface area (TPSA) is 33.5 Å². The van der Waals surface area contributed by atoms with Gasteiger partial charge in [0.1, 0.15) is 0 Å². The van der Waals surface area contributed by atoms with E-state index in [0.717, 1.165) is 5.52 Å². The summed E-state index contributed by atoms with van der Waals surface area (Å²) in [6.07, 6.45) is 3.69. The van der Waals surface area contributed by atoms with Crippen LogP contribution in [0.5, 0.6) is 0 Å². The second-order valence-electron chi connectivity index (χ2n) is 3.20. The number of aromatic nitrogens is 1. The maximum atomic E-state index is 11.7. The van der Waals surface area contributed by atoms with E-state index in [9.17, 15) is 4.79 Å². The number of carbonyl (C=O) groups excluding carboxylic acids is 1. The highest BCUT2D eigenvalue weighted by Gasteiger charge is 2.12. The van der Waals surface area contributed by atoms with Crippen LogP contribution in [0.4, 0.5) is 0 Å². The second-order valence-corrected chi connectivity index (χ2v) is 3.61. The number of pyridine rings is 1. The first-order valence-corrected chi connectivity index (χ1v) is 5.15. The molecule has 78 valence electrons. The van der Waals surface area contributed by atoms with Crippen molar-refractivity contribution in [2.75, 3.05) is 6.54 Å². The minimum absolute atomic E-state index is 0.0897. The summed E-state index contributed by atoms with van der Waals surface area (Å²) < 4.78 is 1.84. The van der Waals surface area contributed by atoms with Crippen LogP contribution in [0.2, 0.25) is 5.02 Å². The molecule has 2 rings (SSSR count). The van der Waals surface area contributed by atoms with Gasteiger partial charge in [0.15, 0.2) is 0 Å². The van der Waals surface area contributed by atoms with E-state index in [-0.39, 0.29) is 5.91 Å². The van der Waals surface area contributed by atoms with Crippen LogP contribution in [0.3, 0.4) is 0 Å². The third-order valence-electron chi connectivity index (χ3n) is 2.21. The number of nitrogens with zero attached hydrogens (tertiary/aromatic N) is 1. The fourth-order valence-electron chi connectivity index (χ4n) is 1.56. The highest BCUT2D eigenvalue weighted by Crippen LogP contribution is 2.21. The van der Waals surface area contributed by atoms with Crippen molar-refractivity contribution < 1.29 is 4.79 Å². The largest absolute Gasteiger partial charge is 0.352 e. The highest BCUT2D eigenvalue weighted by atomic mass is 35.5. The first-order valence-electron chi connectivity index (χ1n) is 4.77. The molecule has 2 aromatic heterocycles. The fraction of sp³-hybridized carbons (Fsp3) is 0.182. The highest BCUT2D eigenvalue weighted by molar-refractivity contribution is 6.34. The number of carbonyl (C=O) groups is 1. The van der Waals surface area contributed by atoms with Crippen LogP contribution >= 0.6 is 11.6 Å². The Bertz CT molecular complexity index is 504. The Kier molecular flexibility index (Phi) is 2.64. The number of hydrogen-bond donors (Lipinski definition) is 1. The third kappa shape index (κ3) is 1.70. The zero-order valence-electron chi connectivity index (χ0n) is 8.33. The average Bonchev–Trinajstić information content (AvgIpc) is 2.63. The van der Waals surface area contributed by atoms with Crippen molar-refractivity contribution in [2.24, 2.45) is 0 Å². The minimum Gasteiger partial charge on any atom is -0.352 e. The van der Waals surface area contributed by atoms with Crippen LogP contribution in [0.15, 0.2) is 30.6 Å². The molecule has 0 saturated heterocycles. The van der Waals surface area contributed by atoms with Gasteiger partial charge in [-0.3, -0.25) is 4.79 Å². The number of rotatable bonds is 2. The maximum Gasteiger partial charge on any atom is 0.253 e. The Balaban J connectivity index is 2.57. The summed E-state index contributed by atoms with van der Waals surface area (Å²) in [4.78, 5) is 11.7. The van der Waals surface area contributed by atoms with Crippen LogP contribution in [-0.4, -0.2) is 16.9 Å². The number of fused-ring (bicyclic) bond motifs is 1. The molecule has 4 heteroatoms. The summed E-state index contributed by atoms with van der Waals surface area (Å²) in [6.45, 7) is 2.50. The van der Waals surface area contributed by atoms with Gasteiger partial charge in [0.25, 0.3) is 5.91 Å². The monoisotopic (exact) mass is 222 g/mol. The molecular weight excluding hydrogens is 212 g/mol. The first kappa shape index (κ1) is 10.1. The smallest absolute Gasteiger partial charge is 0.253 e. The standard InChI is InChI=1S/C11H11ClN2O/c1-2-13-11(15)8-5-7-14-6-3-4-9(12)10(8)14/h3-7H,2H2,1H3,(H,13,15).